The van der Waals surface area contributed by atoms with Gasteiger partial charge in [0, 0.05) is 5.56 Å². The lowest BCUT2D eigenvalue weighted by atomic mass is 9.37. The number of hydrogen-bond donors (Lipinski definition) is 3. The van der Waals surface area contributed by atoms with Gasteiger partial charge in [-0.2, -0.15) is 0 Å². The van der Waals surface area contributed by atoms with Gasteiger partial charge in [0.15, 0.2) is 28.8 Å². The Balaban J connectivity index is 2.44. The molecule has 2 fully saturated rings. The van der Waals surface area contributed by atoms with Gasteiger partial charge in [0.05, 0.1) is 5.41 Å². The first-order valence-corrected chi connectivity index (χ1v) is 17.6. The number of carbonyl (C=O) groups is 3. The molecule has 3 rings (SSSR count). The van der Waals surface area contributed by atoms with Crippen LogP contribution >= 0.6 is 0 Å². The number of aliphatic hydroxyl groups is 1. The molecule has 6 nitrogen and oxygen atoms in total. The van der Waals surface area contributed by atoms with E-state index in [-0.39, 0.29) is 36.5 Å². The van der Waals surface area contributed by atoms with Gasteiger partial charge in [-0.25, -0.2) is 0 Å². The number of benzene rings is 1. The van der Waals surface area contributed by atoms with Crippen molar-refractivity contribution in [3.63, 3.8) is 0 Å². The van der Waals surface area contributed by atoms with Gasteiger partial charge in [-0.05, 0) is 143 Å². The summed E-state index contributed by atoms with van der Waals surface area (Å²) in [5, 5.41) is 32.0. The van der Waals surface area contributed by atoms with Crippen molar-refractivity contribution in [2.75, 3.05) is 0 Å². The van der Waals surface area contributed by atoms with Crippen LogP contribution < -0.4 is 0 Å². The molecule has 0 saturated heterocycles. The number of Topliss-reactive ketones (excluding diaryl/α,β-unsaturated/α-hetero) is 3. The van der Waals surface area contributed by atoms with Crippen LogP contribution in [-0.4, -0.2) is 32.7 Å². The molecule has 1 aromatic carbocycles. The Morgan fingerprint density at radius 3 is 1.90 bits per heavy atom. The smallest absolute Gasteiger partial charge is 0.184 e. The molecule has 2 aliphatic carbocycles. The fourth-order valence-corrected chi connectivity index (χ4v) is 7.78. The van der Waals surface area contributed by atoms with Gasteiger partial charge < -0.3 is 15.3 Å². The molecule has 4 unspecified atom stereocenters. The summed E-state index contributed by atoms with van der Waals surface area (Å²) in [6.07, 6.45) is 14.6. The minimum absolute atomic E-state index is 0.0202. The molecule has 0 heterocycles. The molecular formula is C43H58O6. The van der Waals surface area contributed by atoms with Crippen LogP contribution in [0.2, 0.25) is 0 Å². The fraction of sp³-hybridized carbons (Fsp3) is 0.512. The maximum absolute atomic E-state index is 15.4. The van der Waals surface area contributed by atoms with Gasteiger partial charge in [0.25, 0.3) is 0 Å². The quantitative estimate of drug-likeness (QED) is 0.0481. The molecule has 2 saturated carbocycles. The average Bonchev–Trinajstić information content (AvgIpc) is 3.00. The lowest BCUT2D eigenvalue weighted by Crippen LogP contribution is -2.70. The molecular weight excluding hydrogens is 612 g/mol. The third-order valence-corrected chi connectivity index (χ3v) is 10.8. The number of aliphatic hydroxyl groups excluding tert-OH is 1. The number of phenols is 2. The van der Waals surface area contributed by atoms with Crippen LogP contribution in [0.3, 0.4) is 0 Å². The zero-order valence-corrected chi connectivity index (χ0v) is 31.4. The Bertz CT molecular complexity index is 1650. The molecule has 0 aliphatic heterocycles. The van der Waals surface area contributed by atoms with E-state index in [1.807, 2.05) is 53.7 Å². The van der Waals surface area contributed by atoms with E-state index in [1.165, 1.54) is 23.3 Å². The Kier molecular flexibility index (Phi) is 12.7. The number of hydrogen-bond acceptors (Lipinski definition) is 6. The monoisotopic (exact) mass is 670 g/mol. The van der Waals surface area contributed by atoms with Crippen LogP contribution in [0.25, 0.3) is 5.76 Å². The van der Waals surface area contributed by atoms with Gasteiger partial charge in [0.2, 0.25) is 0 Å². The summed E-state index contributed by atoms with van der Waals surface area (Å²) in [6.45, 7) is 20.1. The predicted octanol–water partition coefficient (Wildman–Crippen LogP) is 10.6. The van der Waals surface area contributed by atoms with Gasteiger partial charge in [0.1, 0.15) is 16.7 Å². The Hall–Kier alpha value is -3.93. The molecule has 3 N–H and O–H groups in total. The number of phenolic OH excluding ortho intramolecular Hbond substituents is 2. The van der Waals surface area contributed by atoms with E-state index in [0.29, 0.717) is 19.3 Å². The zero-order valence-electron chi connectivity index (χ0n) is 31.4. The predicted molar refractivity (Wildman–Crippen MR) is 199 cm³/mol. The van der Waals surface area contributed by atoms with Crippen LogP contribution in [0.5, 0.6) is 11.5 Å². The van der Waals surface area contributed by atoms with Crippen molar-refractivity contribution in [3.05, 3.63) is 87.6 Å². The summed E-state index contributed by atoms with van der Waals surface area (Å²) in [6, 6.07) is 3.69. The van der Waals surface area contributed by atoms with Crippen molar-refractivity contribution in [2.24, 2.45) is 22.2 Å². The minimum atomic E-state index is -1.63. The van der Waals surface area contributed by atoms with E-state index in [0.717, 1.165) is 35.6 Å². The molecule has 6 heteroatoms. The maximum Gasteiger partial charge on any atom is 0.184 e. The summed E-state index contributed by atoms with van der Waals surface area (Å²) < 4.78 is 0. The molecule has 2 aliphatic rings. The van der Waals surface area contributed by atoms with E-state index in [2.05, 4.69) is 45.9 Å². The van der Waals surface area contributed by atoms with Crippen LogP contribution in [0.4, 0.5) is 0 Å². The molecule has 49 heavy (non-hydrogen) atoms. The minimum Gasteiger partial charge on any atom is -0.506 e. The van der Waals surface area contributed by atoms with Crippen LogP contribution in [0, 0.1) is 22.2 Å². The van der Waals surface area contributed by atoms with Crippen molar-refractivity contribution in [2.45, 2.75) is 121 Å². The third-order valence-electron chi connectivity index (χ3n) is 10.8. The van der Waals surface area contributed by atoms with Crippen LogP contribution in [0.15, 0.2) is 82.0 Å². The highest BCUT2D eigenvalue weighted by atomic mass is 16.3. The highest BCUT2D eigenvalue weighted by Crippen LogP contribution is 2.67. The van der Waals surface area contributed by atoms with Crippen LogP contribution in [0.1, 0.15) is 126 Å². The summed E-state index contributed by atoms with van der Waals surface area (Å²) in [5.74, 6) is -3.33. The fourth-order valence-electron chi connectivity index (χ4n) is 7.78. The molecule has 4 atom stereocenters. The van der Waals surface area contributed by atoms with E-state index < -0.39 is 50.6 Å². The van der Waals surface area contributed by atoms with Gasteiger partial charge in [-0.15, -0.1) is 0 Å². The zero-order chi connectivity index (χ0) is 36.9. The number of ketones is 3. The van der Waals surface area contributed by atoms with Crippen molar-refractivity contribution in [3.8, 4) is 11.5 Å². The van der Waals surface area contributed by atoms with Crippen molar-refractivity contribution in [1.29, 1.82) is 0 Å². The second-order valence-electron chi connectivity index (χ2n) is 15.6. The molecule has 0 radical (unpaired) electrons. The highest BCUT2D eigenvalue weighted by Gasteiger charge is 2.74. The van der Waals surface area contributed by atoms with Gasteiger partial charge in [-0.3, -0.25) is 14.4 Å². The van der Waals surface area contributed by atoms with Gasteiger partial charge in [-0.1, -0.05) is 65.2 Å². The summed E-state index contributed by atoms with van der Waals surface area (Å²) >= 11 is 0. The SMILES string of the molecule is CC(C)=CCC/C(C)=C/CC1CC2(CC=C(C)C)C(=O)/C(=C(/O)c3ccc(O)c(O)c3)C(=O)C(CC=C(C)C)(C2=O)C1(C)CCC=C(C)C. The topological polar surface area (TPSA) is 112 Å². The Morgan fingerprint density at radius 2 is 1.33 bits per heavy atom. The maximum atomic E-state index is 15.4. The molecule has 266 valence electrons. The van der Waals surface area contributed by atoms with E-state index in [4.69, 9.17) is 0 Å². The van der Waals surface area contributed by atoms with E-state index in [1.54, 1.807) is 0 Å². The van der Waals surface area contributed by atoms with Crippen molar-refractivity contribution in [1.82, 2.24) is 0 Å². The Morgan fingerprint density at radius 1 is 0.755 bits per heavy atom. The molecule has 1 aromatic rings. The van der Waals surface area contributed by atoms with Crippen molar-refractivity contribution >= 4 is 23.1 Å². The normalized spacial score (nSPS) is 26.2. The summed E-state index contributed by atoms with van der Waals surface area (Å²) in [7, 11) is 0. The number of carbonyl (C=O) groups excluding carboxylic acids is 3. The first-order valence-electron chi connectivity index (χ1n) is 17.6. The molecule has 2 bridgehead atoms. The van der Waals surface area contributed by atoms with Crippen molar-refractivity contribution < 1.29 is 29.7 Å². The second kappa shape index (κ2) is 15.7. The van der Waals surface area contributed by atoms with E-state index in [9.17, 15) is 20.1 Å². The first kappa shape index (κ1) is 39.5. The van der Waals surface area contributed by atoms with Crippen LogP contribution in [-0.2, 0) is 14.4 Å². The first-order chi connectivity index (χ1) is 22.8. The second-order valence-corrected chi connectivity index (χ2v) is 15.6. The summed E-state index contributed by atoms with van der Waals surface area (Å²) in [5.41, 5.74) is 1.11. The lowest BCUT2D eigenvalue weighted by Gasteiger charge is -2.61. The average molecular weight is 671 g/mol. The largest absolute Gasteiger partial charge is 0.506 e. The lowest BCUT2D eigenvalue weighted by molar-refractivity contribution is -0.178. The summed E-state index contributed by atoms with van der Waals surface area (Å²) in [4.78, 5) is 45.6. The number of rotatable bonds is 13. The van der Waals surface area contributed by atoms with E-state index >= 15 is 9.59 Å². The Labute approximate surface area is 294 Å². The van der Waals surface area contributed by atoms with Gasteiger partial charge >= 0.3 is 0 Å². The molecule has 0 spiro atoms. The number of aromatic hydroxyl groups is 2. The molecule has 0 amide bonds. The highest BCUT2D eigenvalue weighted by molar-refractivity contribution is 6.41. The number of allylic oxidation sites excluding steroid dienone is 11. The number of fused-ring (bicyclic) bond motifs is 2. The standard InChI is InChI=1S/C43H58O6/c1-27(2)13-11-15-31(9)16-18-33-26-42(23-20-29(5)6)38(47)36(37(46)32-17-19-34(44)35(45)25-32)39(48)43(40(42)49,24-21-30(7)8)41(33,10)22-12-14-28(3)4/h13-14,16-17,19-21,25,33,44-46H,11-12,15,18,22-24,26H2,1-10H3/b31-16+,37-36-. The third kappa shape index (κ3) is 7.95. The molecule has 0 aromatic heterocycles.